The van der Waals surface area contributed by atoms with E-state index in [1.807, 2.05) is 46.6 Å². The van der Waals surface area contributed by atoms with Gasteiger partial charge in [-0.1, -0.05) is 24.3 Å². The number of hydrogen-bond donors (Lipinski definition) is 1. The van der Waals surface area contributed by atoms with Crippen LogP contribution in [0.3, 0.4) is 0 Å². The van der Waals surface area contributed by atoms with Crippen LogP contribution in [0.4, 0.5) is 5.13 Å². The second kappa shape index (κ2) is 7.71. The van der Waals surface area contributed by atoms with Gasteiger partial charge in [0.05, 0.1) is 12.5 Å². The summed E-state index contributed by atoms with van der Waals surface area (Å²) in [6.45, 7) is 1.46. The van der Waals surface area contributed by atoms with Crippen molar-refractivity contribution in [3.63, 3.8) is 0 Å². The lowest BCUT2D eigenvalue weighted by molar-refractivity contribution is -0.126. The summed E-state index contributed by atoms with van der Waals surface area (Å²) in [6.07, 6.45) is 5.54. The van der Waals surface area contributed by atoms with Crippen molar-refractivity contribution in [3.05, 3.63) is 65.4 Å². The lowest BCUT2D eigenvalue weighted by Gasteiger charge is -2.14. The zero-order chi connectivity index (χ0) is 18.6. The van der Waals surface area contributed by atoms with Crippen molar-refractivity contribution in [2.24, 2.45) is 5.92 Å². The van der Waals surface area contributed by atoms with Gasteiger partial charge < -0.3 is 5.32 Å². The van der Waals surface area contributed by atoms with Crippen LogP contribution >= 0.6 is 11.3 Å². The highest BCUT2D eigenvalue weighted by atomic mass is 32.1. The number of hydrogen-bond acceptors (Lipinski definition) is 5. The van der Waals surface area contributed by atoms with Gasteiger partial charge in [-0.25, -0.2) is 4.98 Å². The van der Waals surface area contributed by atoms with Crippen molar-refractivity contribution in [2.45, 2.75) is 19.5 Å². The maximum Gasteiger partial charge on any atom is 0.229 e. The molecule has 7 nitrogen and oxygen atoms in total. The Morgan fingerprint density at radius 3 is 2.81 bits per heavy atom. The molecular weight excluding hydrogens is 362 g/mol. The molecule has 2 amide bonds. The molecule has 8 heteroatoms. The number of thiazole rings is 1. The van der Waals surface area contributed by atoms with Gasteiger partial charge in [0.15, 0.2) is 5.13 Å². The molecule has 1 aliphatic rings. The van der Waals surface area contributed by atoms with Crippen molar-refractivity contribution in [3.8, 4) is 0 Å². The Morgan fingerprint density at radius 2 is 2.07 bits per heavy atom. The van der Waals surface area contributed by atoms with Gasteiger partial charge in [-0.05, 0) is 17.2 Å². The predicted molar refractivity (Wildman–Crippen MR) is 102 cm³/mol. The molecule has 1 unspecified atom stereocenters. The molecule has 0 saturated carbocycles. The summed E-state index contributed by atoms with van der Waals surface area (Å²) in [5.74, 6) is -0.500. The van der Waals surface area contributed by atoms with Crippen LogP contribution in [0.5, 0.6) is 0 Å². The van der Waals surface area contributed by atoms with Crippen LogP contribution in [-0.4, -0.2) is 33.1 Å². The molecule has 0 aliphatic carbocycles. The zero-order valence-electron chi connectivity index (χ0n) is 14.6. The van der Waals surface area contributed by atoms with Gasteiger partial charge in [-0.2, -0.15) is 5.10 Å². The Bertz CT molecular complexity index is 924. The third kappa shape index (κ3) is 3.90. The minimum absolute atomic E-state index is 0.0517. The summed E-state index contributed by atoms with van der Waals surface area (Å²) in [5.41, 5.74) is 2.15. The highest BCUT2D eigenvalue weighted by Crippen LogP contribution is 2.26. The third-order valence-corrected chi connectivity index (χ3v) is 5.40. The highest BCUT2D eigenvalue weighted by molar-refractivity contribution is 7.13. The Morgan fingerprint density at radius 1 is 1.22 bits per heavy atom. The second-order valence-electron chi connectivity index (χ2n) is 6.41. The molecule has 1 aliphatic heterocycles. The first-order valence-corrected chi connectivity index (χ1v) is 9.60. The van der Waals surface area contributed by atoms with Gasteiger partial charge in [0, 0.05) is 43.5 Å². The maximum absolute atomic E-state index is 12.6. The summed E-state index contributed by atoms with van der Waals surface area (Å²) < 4.78 is 1.85. The topological polar surface area (TPSA) is 80.1 Å². The number of rotatable bonds is 6. The maximum atomic E-state index is 12.6. The number of anilines is 1. The quantitative estimate of drug-likeness (QED) is 0.709. The van der Waals surface area contributed by atoms with E-state index in [0.717, 1.165) is 11.1 Å². The van der Waals surface area contributed by atoms with Gasteiger partial charge in [0.25, 0.3) is 0 Å². The summed E-state index contributed by atoms with van der Waals surface area (Å²) in [7, 11) is 0. The van der Waals surface area contributed by atoms with Crippen LogP contribution in [0.15, 0.2) is 54.3 Å². The Hall–Kier alpha value is -3.00. The van der Waals surface area contributed by atoms with Crippen molar-refractivity contribution >= 4 is 28.3 Å². The first kappa shape index (κ1) is 17.4. The predicted octanol–water partition coefficient (Wildman–Crippen LogP) is 2.06. The van der Waals surface area contributed by atoms with Gasteiger partial charge in [-0.3, -0.25) is 19.2 Å². The largest absolute Gasteiger partial charge is 0.352 e. The molecule has 0 spiro atoms. The molecule has 0 bridgehead atoms. The van der Waals surface area contributed by atoms with Crippen molar-refractivity contribution in [1.82, 2.24) is 20.1 Å². The molecule has 1 saturated heterocycles. The van der Waals surface area contributed by atoms with Gasteiger partial charge in [0.2, 0.25) is 11.8 Å². The minimum atomic E-state index is -0.348. The lowest BCUT2D eigenvalue weighted by atomic mass is 10.1. The van der Waals surface area contributed by atoms with E-state index in [1.165, 1.54) is 11.3 Å². The van der Waals surface area contributed by atoms with Crippen molar-refractivity contribution in [1.29, 1.82) is 0 Å². The molecule has 1 fully saturated rings. The Kier molecular flexibility index (Phi) is 4.97. The van der Waals surface area contributed by atoms with Crippen LogP contribution in [0.2, 0.25) is 0 Å². The molecule has 3 heterocycles. The van der Waals surface area contributed by atoms with Crippen LogP contribution in [0.1, 0.15) is 17.5 Å². The fourth-order valence-electron chi connectivity index (χ4n) is 3.20. The number of benzene rings is 1. The van der Waals surface area contributed by atoms with E-state index in [4.69, 9.17) is 0 Å². The SMILES string of the molecule is O=C(NCc1ccccc1Cn1cccn1)C1CC(=O)N(c2nccs2)C1. The number of nitrogens with one attached hydrogen (secondary N) is 1. The molecule has 1 atom stereocenters. The average Bonchev–Trinajstić information content (AvgIpc) is 3.42. The lowest BCUT2D eigenvalue weighted by Crippen LogP contribution is -2.32. The third-order valence-electron chi connectivity index (χ3n) is 4.61. The van der Waals surface area contributed by atoms with Crippen LogP contribution < -0.4 is 10.2 Å². The molecular formula is C19H19N5O2S. The number of amides is 2. The van der Waals surface area contributed by atoms with E-state index in [1.54, 1.807) is 17.3 Å². The number of carbonyl (C=O) groups excluding carboxylic acids is 2. The highest BCUT2D eigenvalue weighted by Gasteiger charge is 2.36. The molecule has 27 heavy (non-hydrogen) atoms. The molecule has 138 valence electrons. The van der Waals surface area contributed by atoms with Gasteiger partial charge >= 0.3 is 0 Å². The summed E-state index contributed by atoms with van der Waals surface area (Å²) >= 11 is 1.41. The summed E-state index contributed by atoms with van der Waals surface area (Å²) in [6, 6.07) is 9.85. The minimum Gasteiger partial charge on any atom is -0.352 e. The van der Waals surface area contributed by atoms with E-state index in [9.17, 15) is 9.59 Å². The summed E-state index contributed by atoms with van der Waals surface area (Å²) in [5, 5.41) is 9.69. The molecule has 0 radical (unpaired) electrons. The Labute approximate surface area is 160 Å². The van der Waals surface area contributed by atoms with E-state index < -0.39 is 0 Å². The average molecular weight is 381 g/mol. The number of nitrogens with zero attached hydrogens (tertiary/aromatic N) is 4. The van der Waals surface area contributed by atoms with E-state index >= 15 is 0 Å². The molecule has 2 aromatic heterocycles. The van der Waals surface area contributed by atoms with Crippen molar-refractivity contribution in [2.75, 3.05) is 11.4 Å². The monoisotopic (exact) mass is 381 g/mol. The fraction of sp³-hybridized carbons (Fsp3) is 0.263. The second-order valence-corrected chi connectivity index (χ2v) is 7.28. The molecule has 1 N–H and O–H groups in total. The molecule has 1 aromatic carbocycles. The molecule has 4 rings (SSSR count). The van der Waals surface area contributed by atoms with E-state index in [0.29, 0.717) is 24.8 Å². The first-order valence-electron chi connectivity index (χ1n) is 8.72. The zero-order valence-corrected chi connectivity index (χ0v) is 15.4. The van der Waals surface area contributed by atoms with Gasteiger partial charge in [-0.15, -0.1) is 11.3 Å². The van der Waals surface area contributed by atoms with Crippen LogP contribution in [-0.2, 0) is 22.7 Å². The van der Waals surface area contributed by atoms with E-state index in [2.05, 4.69) is 15.4 Å². The van der Waals surface area contributed by atoms with Crippen LogP contribution in [0, 0.1) is 5.92 Å². The normalized spacial score (nSPS) is 16.7. The smallest absolute Gasteiger partial charge is 0.229 e. The summed E-state index contributed by atoms with van der Waals surface area (Å²) in [4.78, 5) is 30.5. The standard InChI is InChI=1S/C19H19N5O2S/c25-17-10-16(13-24(17)19-20-7-9-27-19)18(26)21-11-14-4-1-2-5-15(14)12-23-8-3-6-22-23/h1-9,16H,10-13H2,(H,21,26). The molecule has 3 aromatic rings. The Balaban J connectivity index is 1.38. The van der Waals surface area contributed by atoms with Crippen LogP contribution in [0.25, 0.3) is 0 Å². The first-order chi connectivity index (χ1) is 13.2. The van der Waals surface area contributed by atoms with Crippen molar-refractivity contribution < 1.29 is 9.59 Å². The number of carbonyl (C=O) groups is 2. The van der Waals surface area contributed by atoms with E-state index in [-0.39, 0.29) is 24.2 Å². The number of aromatic nitrogens is 3. The van der Waals surface area contributed by atoms with Gasteiger partial charge in [0.1, 0.15) is 0 Å². The fourth-order valence-corrected chi connectivity index (χ4v) is 3.87.